The monoisotopic (exact) mass is 346 g/mol. The normalized spacial score (nSPS) is 20.7. The fraction of sp³-hybridized carbons (Fsp3) is 0.579. The van der Waals surface area contributed by atoms with E-state index in [1.807, 2.05) is 24.3 Å². The fourth-order valence-corrected chi connectivity index (χ4v) is 3.50. The zero-order valence-electron chi connectivity index (χ0n) is 14.8. The number of benzene rings is 1. The third-order valence-corrected chi connectivity index (χ3v) is 4.87. The topological polar surface area (TPSA) is 59.1 Å². The Labute approximate surface area is 148 Å². The van der Waals surface area contributed by atoms with Gasteiger partial charge in [-0.1, -0.05) is 18.2 Å². The lowest BCUT2D eigenvalue weighted by Gasteiger charge is -2.27. The van der Waals surface area contributed by atoms with Crippen LogP contribution in [0.15, 0.2) is 24.3 Å². The predicted octanol–water partition coefficient (Wildman–Crippen LogP) is 1.83. The van der Waals surface area contributed by atoms with Crippen molar-refractivity contribution in [3.63, 3.8) is 0 Å². The molecule has 0 bridgehead atoms. The number of likely N-dealkylation sites (tertiary alicyclic amines) is 1. The number of nitrogens with zero attached hydrogens (tertiary/aromatic N) is 2. The number of para-hydroxylation sites is 1. The van der Waals surface area contributed by atoms with Gasteiger partial charge in [-0.05, 0) is 18.9 Å². The average Bonchev–Trinajstić information content (AvgIpc) is 3.24. The van der Waals surface area contributed by atoms with Gasteiger partial charge in [0.25, 0.3) is 0 Å². The van der Waals surface area contributed by atoms with E-state index in [1.54, 1.807) is 7.11 Å². The summed E-state index contributed by atoms with van der Waals surface area (Å²) >= 11 is 0. The van der Waals surface area contributed by atoms with Crippen molar-refractivity contribution in [2.45, 2.75) is 38.3 Å². The largest absolute Gasteiger partial charge is 0.496 e. The Kier molecular flexibility index (Phi) is 6.04. The summed E-state index contributed by atoms with van der Waals surface area (Å²) in [6, 6.07) is 7.95. The van der Waals surface area contributed by atoms with E-state index in [4.69, 9.17) is 9.47 Å². The third-order valence-electron chi connectivity index (χ3n) is 4.87. The van der Waals surface area contributed by atoms with E-state index in [0.717, 1.165) is 37.3 Å². The van der Waals surface area contributed by atoms with Crippen LogP contribution in [0.1, 0.15) is 31.2 Å². The molecule has 6 heteroatoms. The number of hydrogen-bond donors (Lipinski definition) is 0. The van der Waals surface area contributed by atoms with Crippen LogP contribution in [-0.4, -0.2) is 61.1 Å². The lowest BCUT2D eigenvalue weighted by atomic mass is 10.1. The van der Waals surface area contributed by atoms with Crippen LogP contribution in [0.5, 0.6) is 5.75 Å². The first-order valence-electron chi connectivity index (χ1n) is 8.96. The van der Waals surface area contributed by atoms with Crippen LogP contribution < -0.4 is 4.74 Å². The van der Waals surface area contributed by atoms with Crippen LogP contribution in [0.3, 0.4) is 0 Å². The summed E-state index contributed by atoms with van der Waals surface area (Å²) in [5, 5.41) is 0. The molecule has 2 amide bonds. The van der Waals surface area contributed by atoms with E-state index in [1.165, 1.54) is 4.90 Å². The van der Waals surface area contributed by atoms with Gasteiger partial charge < -0.3 is 9.47 Å². The van der Waals surface area contributed by atoms with E-state index >= 15 is 0 Å². The molecular weight excluding hydrogens is 320 g/mol. The lowest BCUT2D eigenvalue weighted by Crippen LogP contribution is -2.40. The van der Waals surface area contributed by atoms with Crippen LogP contribution in [0.2, 0.25) is 0 Å². The van der Waals surface area contributed by atoms with Crippen molar-refractivity contribution in [1.82, 2.24) is 9.80 Å². The Hall–Kier alpha value is -1.92. The molecule has 2 aliphatic heterocycles. The van der Waals surface area contributed by atoms with Crippen molar-refractivity contribution < 1.29 is 19.1 Å². The second-order valence-corrected chi connectivity index (χ2v) is 6.62. The number of methoxy groups -OCH3 is 1. The van der Waals surface area contributed by atoms with Gasteiger partial charge in [0.1, 0.15) is 5.75 Å². The molecule has 0 aliphatic carbocycles. The van der Waals surface area contributed by atoms with Crippen molar-refractivity contribution in [2.75, 3.05) is 33.4 Å². The van der Waals surface area contributed by atoms with Crippen LogP contribution in [0.25, 0.3) is 0 Å². The number of ether oxygens (including phenoxy) is 2. The maximum absolute atomic E-state index is 11.8. The molecule has 136 valence electrons. The molecule has 1 atom stereocenters. The molecule has 2 saturated heterocycles. The van der Waals surface area contributed by atoms with Crippen LogP contribution >= 0.6 is 0 Å². The SMILES string of the molecule is COc1ccccc1CN(CCN1C(=O)CCC1=O)CC1CCCO1. The Balaban J connectivity index is 1.65. The molecule has 6 nitrogen and oxygen atoms in total. The first-order chi connectivity index (χ1) is 12.2. The summed E-state index contributed by atoms with van der Waals surface area (Å²) in [5.74, 6) is 0.742. The number of carbonyl (C=O) groups excluding carboxylic acids is 2. The standard InChI is InChI=1S/C19H26N2O4/c1-24-17-7-3-2-5-15(17)13-20(14-16-6-4-12-25-16)10-11-21-18(22)8-9-19(21)23/h2-3,5,7,16H,4,6,8-14H2,1H3. The van der Waals surface area contributed by atoms with Gasteiger partial charge in [-0.15, -0.1) is 0 Å². The van der Waals surface area contributed by atoms with E-state index in [2.05, 4.69) is 4.90 Å². The Morgan fingerprint density at radius 1 is 1.24 bits per heavy atom. The van der Waals surface area contributed by atoms with Crippen molar-refractivity contribution >= 4 is 11.8 Å². The van der Waals surface area contributed by atoms with Crippen LogP contribution in [0, 0.1) is 0 Å². The van der Waals surface area contributed by atoms with E-state index in [-0.39, 0.29) is 17.9 Å². The summed E-state index contributed by atoms with van der Waals surface area (Å²) in [6.07, 6.45) is 3.06. The molecule has 1 aromatic rings. The molecule has 0 aromatic heterocycles. The van der Waals surface area contributed by atoms with Gasteiger partial charge in [-0.25, -0.2) is 0 Å². The maximum atomic E-state index is 11.8. The van der Waals surface area contributed by atoms with Crippen molar-refractivity contribution in [1.29, 1.82) is 0 Å². The summed E-state index contributed by atoms with van der Waals surface area (Å²) in [6.45, 7) is 3.42. The smallest absolute Gasteiger partial charge is 0.229 e. The zero-order valence-corrected chi connectivity index (χ0v) is 14.8. The Bertz CT molecular complexity index is 597. The number of hydrogen-bond acceptors (Lipinski definition) is 5. The molecule has 0 radical (unpaired) electrons. The van der Waals surface area contributed by atoms with Crippen molar-refractivity contribution in [2.24, 2.45) is 0 Å². The Morgan fingerprint density at radius 3 is 2.68 bits per heavy atom. The minimum absolute atomic E-state index is 0.0561. The molecule has 0 saturated carbocycles. The van der Waals surface area contributed by atoms with Gasteiger partial charge in [0, 0.05) is 51.2 Å². The second kappa shape index (κ2) is 8.45. The van der Waals surface area contributed by atoms with Gasteiger partial charge >= 0.3 is 0 Å². The summed E-state index contributed by atoms with van der Waals surface area (Å²) in [4.78, 5) is 27.3. The number of imide groups is 1. The highest BCUT2D eigenvalue weighted by Crippen LogP contribution is 2.21. The lowest BCUT2D eigenvalue weighted by molar-refractivity contribution is -0.138. The van der Waals surface area contributed by atoms with Gasteiger partial charge in [0.2, 0.25) is 11.8 Å². The highest BCUT2D eigenvalue weighted by molar-refractivity contribution is 6.01. The summed E-state index contributed by atoms with van der Waals surface area (Å²) in [7, 11) is 1.67. The first-order valence-corrected chi connectivity index (χ1v) is 8.96. The van der Waals surface area contributed by atoms with E-state index < -0.39 is 0 Å². The minimum Gasteiger partial charge on any atom is -0.496 e. The second-order valence-electron chi connectivity index (χ2n) is 6.62. The van der Waals surface area contributed by atoms with Crippen molar-refractivity contribution in [3.05, 3.63) is 29.8 Å². The van der Waals surface area contributed by atoms with Crippen LogP contribution in [-0.2, 0) is 20.9 Å². The van der Waals surface area contributed by atoms with Gasteiger partial charge in [-0.2, -0.15) is 0 Å². The molecule has 25 heavy (non-hydrogen) atoms. The molecule has 1 unspecified atom stereocenters. The minimum atomic E-state index is -0.0561. The number of rotatable bonds is 8. The Morgan fingerprint density at radius 2 is 2.00 bits per heavy atom. The number of carbonyl (C=O) groups is 2. The third kappa shape index (κ3) is 4.58. The molecule has 2 fully saturated rings. The van der Waals surface area contributed by atoms with E-state index in [9.17, 15) is 9.59 Å². The molecule has 2 heterocycles. The average molecular weight is 346 g/mol. The van der Waals surface area contributed by atoms with Gasteiger partial charge in [0.05, 0.1) is 13.2 Å². The van der Waals surface area contributed by atoms with Crippen molar-refractivity contribution in [3.8, 4) is 5.75 Å². The molecule has 0 spiro atoms. The fourth-order valence-electron chi connectivity index (χ4n) is 3.50. The quantitative estimate of drug-likeness (QED) is 0.672. The van der Waals surface area contributed by atoms with E-state index in [0.29, 0.717) is 32.5 Å². The molecule has 2 aliphatic rings. The highest BCUT2D eigenvalue weighted by atomic mass is 16.5. The zero-order chi connectivity index (χ0) is 17.6. The summed E-state index contributed by atoms with van der Waals surface area (Å²) in [5.41, 5.74) is 1.10. The molecule has 3 rings (SSSR count). The summed E-state index contributed by atoms with van der Waals surface area (Å²) < 4.78 is 11.2. The number of amides is 2. The molecular formula is C19H26N2O4. The van der Waals surface area contributed by atoms with Crippen LogP contribution in [0.4, 0.5) is 0 Å². The maximum Gasteiger partial charge on any atom is 0.229 e. The van der Waals surface area contributed by atoms with Gasteiger partial charge in [-0.3, -0.25) is 19.4 Å². The highest BCUT2D eigenvalue weighted by Gasteiger charge is 2.29. The molecule has 0 N–H and O–H groups in total. The first kappa shape index (κ1) is 17.9. The predicted molar refractivity (Wildman–Crippen MR) is 93.2 cm³/mol. The molecule has 1 aromatic carbocycles. The van der Waals surface area contributed by atoms with Gasteiger partial charge in [0.15, 0.2) is 0 Å².